The minimum Gasteiger partial charge on any atom is -0.298 e. The fourth-order valence-electron chi connectivity index (χ4n) is 1.58. The summed E-state index contributed by atoms with van der Waals surface area (Å²) < 4.78 is 1.02. The lowest BCUT2D eigenvalue weighted by Gasteiger charge is -2.04. The molecule has 2 rings (SSSR count). The minimum atomic E-state index is 0.620. The summed E-state index contributed by atoms with van der Waals surface area (Å²) in [5.41, 5.74) is 3.30. The highest BCUT2D eigenvalue weighted by Crippen LogP contribution is 2.25. The number of nitrogens with zero attached hydrogens (tertiary/aromatic N) is 1. The van der Waals surface area contributed by atoms with E-state index in [0.29, 0.717) is 11.3 Å². The Balaban J connectivity index is 2.48. The molecule has 0 radical (unpaired) electrons. The van der Waals surface area contributed by atoms with Crippen molar-refractivity contribution in [2.24, 2.45) is 0 Å². The summed E-state index contributed by atoms with van der Waals surface area (Å²) in [6, 6.07) is 13.1. The van der Waals surface area contributed by atoms with E-state index in [9.17, 15) is 4.79 Å². The van der Waals surface area contributed by atoms with Gasteiger partial charge < -0.3 is 0 Å². The molecule has 0 saturated heterocycles. The van der Waals surface area contributed by atoms with Crippen LogP contribution in [0.15, 0.2) is 42.5 Å². The highest BCUT2D eigenvalue weighted by molar-refractivity contribution is 14.1. The molecule has 0 bridgehead atoms. The van der Waals surface area contributed by atoms with E-state index in [2.05, 4.69) is 27.4 Å². The highest BCUT2D eigenvalue weighted by atomic mass is 127. The first-order valence-electron chi connectivity index (χ1n) is 4.96. The zero-order valence-electron chi connectivity index (χ0n) is 8.85. The Labute approximate surface area is 113 Å². The summed E-state index contributed by atoms with van der Waals surface area (Å²) in [6.07, 6.45) is 0.846. The predicted octanol–water partition coefficient (Wildman–Crippen LogP) is 4.32. The van der Waals surface area contributed by atoms with Crippen molar-refractivity contribution in [3.63, 3.8) is 0 Å². The number of halogens is 1. The topological polar surface area (TPSA) is 21.4 Å². The van der Waals surface area contributed by atoms with Crippen LogP contribution in [-0.4, -0.2) is 6.29 Å². The SMILES string of the molecule is [C-]#[N+]c1ccc(-c2cc(I)cc(C=O)c2)cc1. The molecule has 2 aromatic carbocycles. The summed E-state index contributed by atoms with van der Waals surface area (Å²) in [6.45, 7) is 6.89. The van der Waals surface area contributed by atoms with E-state index in [-0.39, 0.29) is 0 Å². The Morgan fingerprint density at radius 1 is 1.06 bits per heavy atom. The molecule has 0 unspecified atom stereocenters. The lowest BCUT2D eigenvalue weighted by Crippen LogP contribution is -1.85. The Hall–Kier alpha value is -1.67. The molecular formula is C14H8INO. The number of hydrogen-bond acceptors (Lipinski definition) is 1. The van der Waals surface area contributed by atoms with Gasteiger partial charge in [0.1, 0.15) is 6.29 Å². The van der Waals surface area contributed by atoms with Crippen molar-refractivity contribution in [1.82, 2.24) is 0 Å². The van der Waals surface area contributed by atoms with Crippen molar-refractivity contribution in [2.45, 2.75) is 0 Å². The number of rotatable bonds is 2. The van der Waals surface area contributed by atoms with Gasteiger partial charge in [0.05, 0.1) is 6.57 Å². The van der Waals surface area contributed by atoms with Crippen LogP contribution in [0.4, 0.5) is 5.69 Å². The van der Waals surface area contributed by atoms with E-state index >= 15 is 0 Å². The van der Waals surface area contributed by atoms with Crippen LogP contribution in [0.5, 0.6) is 0 Å². The average Bonchev–Trinajstić information content (AvgIpc) is 2.38. The first kappa shape index (κ1) is 11.8. The number of carbonyl (C=O) groups is 1. The second-order valence-corrected chi connectivity index (χ2v) is 4.80. The number of aldehydes is 1. The molecule has 0 aliphatic heterocycles. The van der Waals surface area contributed by atoms with Crippen LogP contribution in [0.3, 0.4) is 0 Å². The van der Waals surface area contributed by atoms with Crippen molar-refractivity contribution in [3.8, 4) is 11.1 Å². The van der Waals surface area contributed by atoms with Gasteiger partial charge in [-0.15, -0.1) is 0 Å². The number of carbonyl (C=O) groups excluding carboxylic acids is 1. The molecule has 0 aromatic heterocycles. The lowest BCUT2D eigenvalue weighted by atomic mass is 10.0. The number of hydrogen-bond donors (Lipinski definition) is 0. The van der Waals surface area contributed by atoms with Gasteiger partial charge in [-0.3, -0.25) is 4.79 Å². The minimum absolute atomic E-state index is 0.620. The van der Waals surface area contributed by atoms with E-state index in [1.807, 2.05) is 30.3 Å². The Morgan fingerprint density at radius 3 is 2.35 bits per heavy atom. The Morgan fingerprint density at radius 2 is 1.76 bits per heavy atom. The van der Waals surface area contributed by atoms with Crippen molar-refractivity contribution < 1.29 is 4.79 Å². The van der Waals surface area contributed by atoms with Crippen LogP contribution in [0.1, 0.15) is 10.4 Å². The molecule has 17 heavy (non-hydrogen) atoms. The molecular weight excluding hydrogens is 325 g/mol. The average molecular weight is 333 g/mol. The first-order chi connectivity index (χ1) is 8.22. The quantitative estimate of drug-likeness (QED) is 0.456. The van der Waals surface area contributed by atoms with Gasteiger partial charge >= 0.3 is 0 Å². The van der Waals surface area contributed by atoms with Crippen molar-refractivity contribution in [1.29, 1.82) is 0 Å². The molecule has 0 aliphatic rings. The summed E-state index contributed by atoms with van der Waals surface area (Å²) in [5, 5.41) is 0. The lowest BCUT2D eigenvalue weighted by molar-refractivity contribution is 0.112. The molecule has 2 nitrogen and oxygen atoms in total. The summed E-state index contributed by atoms with van der Waals surface area (Å²) in [4.78, 5) is 14.1. The number of benzene rings is 2. The van der Waals surface area contributed by atoms with Gasteiger partial charge in [0.2, 0.25) is 0 Å². The molecule has 0 atom stereocenters. The maximum absolute atomic E-state index is 10.8. The zero-order chi connectivity index (χ0) is 12.3. The predicted molar refractivity (Wildman–Crippen MR) is 76.2 cm³/mol. The van der Waals surface area contributed by atoms with Gasteiger partial charge in [-0.25, -0.2) is 4.85 Å². The van der Waals surface area contributed by atoms with E-state index in [1.54, 1.807) is 12.1 Å². The second kappa shape index (κ2) is 5.11. The van der Waals surface area contributed by atoms with Crippen LogP contribution in [0.2, 0.25) is 0 Å². The molecule has 0 saturated carbocycles. The summed E-state index contributed by atoms with van der Waals surface area (Å²) in [7, 11) is 0. The molecule has 0 spiro atoms. The van der Waals surface area contributed by atoms with Gasteiger partial charge in [-0.1, -0.05) is 24.3 Å². The summed E-state index contributed by atoms with van der Waals surface area (Å²) >= 11 is 2.19. The Kier molecular flexibility index (Phi) is 3.55. The van der Waals surface area contributed by atoms with E-state index in [1.165, 1.54) is 0 Å². The van der Waals surface area contributed by atoms with Crippen LogP contribution < -0.4 is 0 Å². The highest BCUT2D eigenvalue weighted by Gasteiger charge is 2.02. The van der Waals surface area contributed by atoms with Crippen LogP contribution in [0.25, 0.3) is 16.0 Å². The molecule has 3 heteroatoms. The fraction of sp³-hybridized carbons (Fsp3) is 0. The first-order valence-corrected chi connectivity index (χ1v) is 6.04. The van der Waals surface area contributed by atoms with Gasteiger partial charge in [0.25, 0.3) is 0 Å². The van der Waals surface area contributed by atoms with Crippen LogP contribution in [0, 0.1) is 10.1 Å². The van der Waals surface area contributed by atoms with Gasteiger partial charge in [-0.2, -0.15) is 0 Å². The van der Waals surface area contributed by atoms with Crippen molar-refractivity contribution in [3.05, 3.63) is 63.0 Å². The third-order valence-corrected chi connectivity index (χ3v) is 3.01. The molecule has 2 aromatic rings. The maximum Gasteiger partial charge on any atom is 0.187 e. The molecule has 0 heterocycles. The van der Waals surface area contributed by atoms with Crippen LogP contribution in [-0.2, 0) is 0 Å². The van der Waals surface area contributed by atoms with Crippen molar-refractivity contribution in [2.75, 3.05) is 0 Å². The molecule has 0 N–H and O–H groups in total. The van der Waals surface area contributed by atoms with Crippen LogP contribution >= 0.6 is 22.6 Å². The third-order valence-electron chi connectivity index (χ3n) is 2.39. The molecule has 82 valence electrons. The van der Waals surface area contributed by atoms with Crippen molar-refractivity contribution >= 4 is 34.6 Å². The molecule has 0 fully saturated rings. The van der Waals surface area contributed by atoms with Gasteiger partial charge in [0, 0.05) is 9.13 Å². The van der Waals surface area contributed by atoms with Gasteiger partial charge in [-0.05, 0) is 51.9 Å². The van der Waals surface area contributed by atoms with E-state index < -0.39 is 0 Å². The normalized spacial score (nSPS) is 9.65. The fourth-order valence-corrected chi connectivity index (χ4v) is 2.27. The Bertz CT molecular complexity index is 597. The summed E-state index contributed by atoms with van der Waals surface area (Å²) in [5.74, 6) is 0. The maximum atomic E-state index is 10.8. The second-order valence-electron chi connectivity index (χ2n) is 3.55. The zero-order valence-corrected chi connectivity index (χ0v) is 11.0. The van der Waals surface area contributed by atoms with Gasteiger partial charge in [0.15, 0.2) is 5.69 Å². The monoisotopic (exact) mass is 333 g/mol. The van der Waals surface area contributed by atoms with E-state index in [0.717, 1.165) is 21.0 Å². The molecule has 0 amide bonds. The molecule has 0 aliphatic carbocycles. The third kappa shape index (κ3) is 2.71. The van der Waals surface area contributed by atoms with E-state index in [4.69, 9.17) is 6.57 Å². The smallest absolute Gasteiger partial charge is 0.187 e. The standard InChI is InChI=1S/C14H8INO/c1-16-14-4-2-11(3-5-14)12-6-10(9-17)7-13(15)8-12/h2-9H. The largest absolute Gasteiger partial charge is 0.298 e.